The van der Waals surface area contributed by atoms with Crippen LogP contribution < -0.4 is 14.8 Å². The molecule has 32 heavy (non-hydrogen) atoms. The van der Waals surface area contributed by atoms with E-state index in [9.17, 15) is 4.79 Å². The standard InChI is InChI=1S/C24H23N5O3/c1-17-6-5-7-18(12-17)10-11-25-24(30)32-21-14-19(22-8-3-4-9-23(22)31-2)13-20(15-21)29-16-26-27-28-29/h3-9,12-16H,10-11H2,1-2H3,(H,25,30). The van der Waals surface area contributed by atoms with Gasteiger partial charge in [0.1, 0.15) is 17.8 Å². The molecule has 162 valence electrons. The van der Waals surface area contributed by atoms with Gasteiger partial charge in [0.05, 0.1) is 12.8 Å². The van der Waals surface area contributed by atoms with Crippen molar-refractivity contribution in [3.8, 4) is 28.3 Å². The third-order valence-electron chi connectivity index (χ3n) is 4.90. The molecule has 0 saturated heterocycles. The van der Waals surface area contributed by atoms with E-state index in [2.05, 4.69) is 26.9 Å². The summed E-state index contributed by atoms with van der Waals surface area (Å²) in [5.74, 6) is 1.07. The number of hydrogen-bond acceptors (Lipinski definition) is 6. The third-order valence-corrected chi connectivity index (χ3v) is 4.90. The van der Waals surface area contributed by atoms with Gasteiger partial charge in [-0.25, -0.2) is 9.48 Å². The molecule has 4 aromatic rings. The maximum atomic E-state index is 12.4. The predicted molar refractivity (Wildman–Crippen MR) is 120 cm³/mol. The largest absolute Gasteiger partial charge is 0.496 e. The Labute approximate surface area is 185 Å². The Bertz CT molecular complexity index is 1210. The molecule has 0 aliphatic heterocycles. The van der Waals surface area contributed by atoms with E-state index < -0.39 is 6.09 Å². The Kier molecular flexibility index (Phi) is 6.41. The highest BCUT2D eigenvalue weighted by Crippen LogP contribution is 2.33. The number of para-hydroxylation sites is 1. The zero-order valence-corrected chi connectivity index (χ0v) is 17.9. The average Bonchev–Trinajstić information content (AvgIpc) is 3.34. The first-order valence-electron chi connectivity index (χ1n) is 10.2. The minimum absolute atomic E-state index is 0.368. The van der Waals surface area contributed by atoms with Crippen molar-refractivity contribution in [1.82, 2.24) is 25.5 Å². The lowest BCUT2D eigenvalue weighted by atomic mass is 10.0. The van der Waals surface area contributed by atoms with Crippen molar-refractivity contribution in [1.29, 1.82) is 0 Å². The maximum absolute atomic E-state index is 12.4. The molecule has 0 atom stereocenters. The molecule has 3 aromatic carbocycles. The number of carbonyl (C=O) groups is 1. The van der Waals surface area contributed by atoms with Crippen LogP contribution in [0.5, 0.6) is 11.5 Å². The second kappa shape index (κ2) is 9.74. The average molecular weight is 429 g/mol. The third kappa shape index (κ3) is 5.10. The molecule has 0 saturated carbocycles. The van der Waals surface area contributed by atoms with Gasteiger partial charge in [-0.05, 0) is 53.1 Å². The molecule has 1 amide bonds. The first-order chi connectivity index (χ1) is 15.6. The minimum atomic E-state index is -0.530. The van der Waals surface area contributed by atoms with E-state index in [4.69, 9.17) is 9.47 Å². The number of carbonyl (C=O) groups excluding carboxylic acids is 1. The molecule has 0 spiro atoms. The Morgan fingerprint density at radius 2 is 1.94 bits per heavy atom. The van der Waals surface area contributed by atoms with Gasteiger partial charge in [0.15, 0.2) is 0 Å². The molecule has 8 heteroatoms. The molecule has 0 fully saturated rings. The highest BCUT2D eigenvalue weighted by atomic mass is 16.6. The van der Waals surface area contributed by atoms with Gasteiger partial charge in [-0.1, -0.05) is 48.0 Å². The lowest BCUT2D eigenvalue weighted by Crippen LogP contribution is -2.28. The fraction of sp³-hybridized carbons (Fsp3) is 0.167. The van der Waals surface area contributed by atoms with Crippen LogP contribution in [0.1, 0.15) is 11.1 Å². The van der Waals surface area contributed by atoms with Crippen molar-refractivity contribution in [2.24, 2.45) is 0 Å². The van der Waals surface area contributed by atoms with Crippen LogP contribution in [0.25, 0.3) is 16.8 Å². The van der Waals surface area contributed by atoms with Gasteiger partial charge in [0.2, 0.25) is 0 Å². The van der Waals surface area contributed by atoms with Gasteiger partial charge in [0.25, 0.3) is 0 Å². The number of nitrogens with zero attached hydrogens (tertiary/aromatic N) is 4. The minimum Gasteiger partial charge on any atom is -0.496 e. The quantitative estimate of drug-likeness (QED) is 0.478. The first-order valence-corrected chi connectivity index (χ1v) is 10.2. The summed E-state index contributed by atoms with van der Waals surface area (Å²) >= 11 is 0. The summed E-state index contributed by atoms with van der Waals surface area (Å²) in [6, 6.07) is 21.2. The van der Waals surface area contributed by atoms with Gasteiger partial charge >= 0.3 is 6.09 Å². The number of aromatic nitrogens is 4. The van der Waals surface area contributed by atoms with Gasteiger partial charge < -0.3 is 14.8 Å². The topological polar surface area (TPSA) is 91.2 Å². The van der Waals surface area contributed by atoms with Gasteiger partial charge in [-0.15, -0.1) is 5.10 Å². The summed E-state index contributed by atoms with van der Waals surface area (Å²) in [7, 11) is 1.61. The van der Waals surface area contributed by atoms with Crippen LogP contribution in [-0.2, 0) is 6.42 Å². The second-order valence-corrected chi connectivity index (χ2v) is 7.23. The van der Waals surface area contributed by atoms with Crippen LogP contribution in [0, 0.1) is 6.92 Å². The molecule has 0 unspecified atom stereocenters. The Morgan fingerprint density at radius 3 is 2.72 bits per heavy atom. The number of hydrogen-bond donors (Lipinski definition) is 1. The SMILES string of the molecule is COc1ccccc1-c1cc(OC(=O)NCCc2cccc(C)c2)cc(-n2cnnn2)c1. The second-order valence-electron chi connectivity index (χ2n) is 7.23. The molecule has 1 aromatic heterocycles. The lowest BCUT2D eigenvalue weighted by molar-refractivity contribution is 0.200. The summed E-state index contributed by atoms with van der Waals surface area (Å²) in [5.41, 5.74) is 4.66. The highest BCUT2D eigenvalue weighted by Gasteiger charge is 2.13. The zero-order chi connectivity index (χ0) is 22.3. The smallest absolute Gasteiger partial charge is 0.412 e. The van der Waals surface area contributed by atoms with Crippen molar-refractivity contribution in [2.75, 3.05) is 13.7 Å². The first kappa shape index (κ1) is 21.0. The Morgan fingerprint density at radius 1 is 1.06 bits per heavy atom. The summed E-state index contributed by atoms with van der Waals surface area (Å²) in [5, 5.41) is 14.1. The number of nitrogens with one attached hydrogen (secondary N) is 1. The van der Waals surface area contributed by atoms with Crippen molar-refractivity contribution < 1.29 is 14.3 Å². The molecule has 0 aliphatic carbocycles. The summed E-state index contributed by atoms with van der Waals surface area (Å²) in [6.07, 6.45) is 1.67. The Hall–Kier alpha value is -4.20. The predicted octanol–water partition coefficient (Wildman–Crippen LogP) is 3.98. The van der Waals surface area contributed by atoms with E-state index in [1.807, 2.05) is 55.5 Å². The molecule has 0 aliphatic rings. The fourth-order valence-electron chi connectivity index (χ4n) is 3.41. The molecule has 8 nitrogen and oxygen atoms in total. The molecule has 0 bridgehead atoms. The van der Waals surface area contributed by atoms with Crippen LogP contribution in [0.2, 0.25) is 0 Å². The number of ether oxygens (including phenoxy) is 2. The van der Waals surface area contributed by atoms with Crippen molar-refractivity contribution in [3.63, 3.8) is 0 Å². The zero-order valence-electron chi connectivity index (χ0n) is 17.9. The molecular formula is C24H23N5O3. The van der Waals surface area contributed by atoms with Gasteiger partial charge in [-0.3, -0.25) is 0 Å². The van der Waals surface area contributed by atoms with Crippen molar-refractivity contribution in [3.05, 3.63) is 84.2 Å². The van der Waals surface area contributed by atoms with Gasteiger partial charge in [-0.2, -0.15) is 0 Å². The molecule has 1 heterocycles. The summed E-state index contributed by atoms with van der Waals surface area (Å²) < 4.78 is 12.6. The molecule has 4 rings (SSSR count). The van der Waals surface area contributed by atoms with Crippen molar-refractivity contribution in [2.45, 2.75) is 13.3 Å². The van der Waals surface area contributed by atoms with E-state index in [1.165, 1.54) is 16.6 Å². The van der Waals surface area contributed by atoms with E-state index in [1.54, 1.807) is 19.2 Å². The van der Waals surface area contributed by atoms with E-state index in [0.717, 1.165) is 16.7 Å². The lowest BCUT2D eigenvalue weighted by Gasteiger charge is -2.13. The number of tetrazole rings is 1. The molecule has 1 N–H and O–H groups in total. The van der Waals surface area contributed by atoms with Crippen LogP contribution in [0.3, 0.4) is 0 Å². The van der Waals surface area contributed by atoms with Crippen molar-refractivity contribution >= 4 is 6.09 Å². The number of aryl methyl sites for hydroxylation is 1. The maximum Gasteiger partial charge on any atom is 0.412 e. The van der Waals surface area contributed by atoms with E-state index >= 15 is 0 Å². The Balaban J connectivity index is 1.53. The number of methoxy groups -OCH3 is 1. The number of amides is 1. The van der Waals surface area contributed by atoms with Gasteiger partial charge in [0, 0.05) is 18.2 Å². The van der Waals surface area contributed by atoms with E-state index in [-0.39, 0.29) is 0 Å². The summed E-state index contributed by atoms with van der Waals surface area (Å²) in [4.78, 5) is 12.4. The molecular weight excluding hydrogens is 406 g/mol. The van der Waals surface area contributed by atoms with E-state index in [0.29, 0.717) is 30.2 Å². The van der Waals surface area contributed by atoms with Crippen LogP contribution in [0.4, 0.5) is 4.79 Å². The number of benzene rings is 3. The normalized spacial score (nSPS) is 10.6. The number of rotatable bonds is 7. The molecule has 0 radical (unpaired) electrons. The highest BCUT2D eigenvalue weighted by molar-refractivity contribution is 5.76. The fourth-order valence-corrected chi connectivity index (χ4v) is 3.41. The monoisotopic (exact) mass is 429 g/mol. The van der Waals surface area contributed by atoms with Crippen LogP contribution in [0.15, 0.2) is 73.1 Å². The van der Waals surface area contributed by atoms with Crippen LogP contribution in [-0.4, -0.2) is 40.0 Å². The van der Waals surface area contributed by atoms with Crippen LogP contribution >= 0.6 is 0 Å². The summed E-state index contributed by atoms with van der Waals surface area (Å²) in [6.45, 7) is 2.51.